The fraction of sp³-hybridized carbons (Fsp3) is 0.458. The van der Waals surface area contributed by atoms with Crippen molar-refractivity contribution in [2.24, 2.45) is 10.8 Å². The van der Waals surface area contributed by atoms with Gasteiger partial charge >= 0.3 is 59.3 Å². The minimum atomic E-state index is -3.87. The van der Waals surface area contributed by atoms with Gasteiger partial charge in [0.25, 0.3) is 0 Å². The molecule has 18 rings (SSSR count). The Morgan fingerprint density at radius 2 is 0.667 bits per heavy atom. The molecule has 12 fully saturated rings. The van der Waals surface area contributed by atoms with E-state index in [-0.39, 0.29) is 58.6 Å². The largest absolute Gasteiger partial charge is 0.509 e. The average molecular weight is 1830 g/mol. The highest BCUT2D eigenvalue weighted by atomic mass is 32.2. The van der Waals surface area contributed by atoms with Crippen molar-refractivity contribution in [2.45, 2.75) is 194 Å². The number of nitrogens with one attached hydrogen (secondary N) is 2. The first kappa shape index (κ1) is 94.4. The predicted octanol–water partition coefficient (Wildman–Crippen LogP) is 6.18. The molecule has 45 nitrogen and oxygen atoms in total. The van der Waals surface area contributed by atoms with Crippen LogP contribution in [0.4, 0.5) is 33.6 Å². The molecule has 0 bridgehead atoms. The van der Waals surface area contributed by atoms with Crippen molar-refractivity contribution in [1.29, 1.82) is 0 Å². The van der Waals surface area contributed by atoms with Crippen LogP contribution in [0, 0.1) is 0 Å². The number of aliphatic hydroxyl groups is 1. The summed E-state index contributed by atoms with van der Waals surface area (Å²) in [4.78, 5) is 104. The minimum absolute atomic E-state index is 0.0551. The second kappa shape index (κ2) is 45.7. The Kier molecular flexibility index (Phi) is 33.4. The molecule has 12 saturated heterocycles. The summed E-state index contributed by atoms with van der Waals surface area (Å²) in [6.45, 7) is 2.97. The smallest absolute Gasteiger partial charge is 0.467 e. The molecule has 24 atom stereocenters. The van der Waals surface area contributed by atoms with Crippen LogP contribution in [0.15, 0.2) is 187 Å². The first-order valence-corrected chi connectivity index (χ1v) is 41.4. The van der Waals surface area contributed by atoms with E-state index in [9.17, 15) is 56.7 Å². The van der Waals surface area contributed by atoms with Gasteiger partial charge in [-0.05, 0) is 38.9 Å². The number of hydrogen-bond acceptors (Lipinski definition) is 40. The number of fused-ring (bicyclic) bond motifs is 6. The van der Waals surface area contributed by atoms with Gasteiger partial charge in [-0.25, -0.2) is 38.4 Å². The summed E-state index contributed by atoms with van der Waals surface area (Å²) < 4.78 is 166. The van der Waals surface area contributed by atoms with Gasteiger partial charge < -0.3 is 139 Å². The predicted molar refractivity (Wildman–Crippen MR) is 421 cm³/mol. The van der Waals surface area contributed by atoms with Crippen LogP contribution in [-0.2, 0) is 187 Å². The van der Waals surface area contributed by atoms with E-state index in [2.05, 4.69) is 29.0 Å². The molecule has 0 saturated carbocycles. The molecule has 46 heteroatoms. The van der Waals surface area contributed by atoms with Gasteiger partial charge in [-0.15, -0.1) is 0 Å². The summed E-state index contributed by atoms with van der Waals surface area (Å²) in [6.07, 6.45) is -22.6. The fourth-order valence-corrected chi connectivity index (χ4v) is 14.8. The molecule has 129 heavy (non-hydrogen) atoms. The van der Waals surface area contributed by atoms with Gasteiger partial charge in [0.05, 0.1) is 67.0 Å². The molecule has 0 aliphatic carbocycles. The van der Waals surface area contributed by atoms with E-state index < -0.39 is 207 Å². The van der Waals surface area contributed by atoms with Crippen molar-refractivity contribution >= 4 is 65.2 Å². The number of hydrogen-bond donors (Lipinski definition) is 4. The Labute approximate surface area is 734 Å². The van der Waals surface area contributed by atoms with Crippen LogP contribution < -0.4 is 15.8 Å². The number of esters is 1. The lowest BCUT2D eigenvalue weighted by atomic mass is 10.1. The zero-order chi connectivity index (χ0) is 90.9. The van der Waals surface area contributed by atoms with E-state index in [1.54, 1.807) is 0 Å². The van der Waals surface area contributed by atoms with Gasteiger partial charge in [0.15, 0.2) is 117 Å². The molecule has 5 N–H and O–H groups in total. The number of amides is 2. The molecule has 692 valence electrons. The quantitative estimate of drug-likeness (QED) is 0.0128. The lowest BCUT2D eigenvalue weighted by Crippen LogP contribution is -2.39. The molecule has 12 heterocycles. The molecule has 0 aromatic heterocycles. The van der Waals surface area contributed by atoms with Gasteiger partial charge in [0.2, 0.25) is 5.91 Å². The van der Waals surface area contributed by atoms with Crippen LogP contribution in [-0.4, -0.2) is 263 Å². The maximum Gasteiger partial charge on any atom is 0.509 e. The van der Waals surface area contributed by atoms with Crippen molar-refractivity contribution in [2.75, 3.05) is 47.1 Å². The molecule has 2 amide bonds. The Bertz CT molecular complexity index is 4780. The number of methoxy groups -OCH3 is 1. The highest BCUT2D eigenvalue weighted by Gasteiger charge is 2.61. The second-order valence-electron chi connectivity index (χ2n) is 29.1. The standard InChI is InChI=1S/C15H17NO6.C14H17NO8S.C14H15NO7.C14H14O7.C13H13N3O5.C13H14O6/c1-9(17)16-7-11-12-13(22-15(18)21-12)14(20-11)19-8-10-5-3-2-4-6-10;1-19-24(17,18)15-7-10-11-12(23-14(16)22-11)13(21-10)20-8-9-5-3-2-4-6-9;15-13(16)19-7-9-10-11(22-14(17)21-10)12(20-9)18-6-8-4-2-1-3-5-8;1-17-12(15)10-9-11(21-14(16)20-9)13(19-10)18-7-8-5-3-2-4-6-8;14-16-15-6-9-10-11(21-13(17)20-10)12(19-9)18-7-8-4-2-1-3-5-8;14-6-9-10-11(19-13(15)18-10)12(17-9)16-7-8-4-2-1-3-5-8/h2-6,11-14H,7-8H2,1H3,(H,16,17);2-6,10-13,15H,7-8H2,1H3;1-5,9-12H,6-7H2,(H2,15,16);2-6,9-11,13H,7H2,1H3;1-5,9-12H,6-7H2;1-5,9-12,14H,6-7H2/t11-,12-,13-,14-;10-,11-,12-,13-;9-,10-,11-,12-;9-,10+,11-,13-;2*9-,10-,11-,12-/m111111/s1. The Morgan fingerprint density at radius 3 is 0.977 bits per heavy atom. The number of benzene rings is 6. The monoisotopic (exact) mass is 1830 g/mol. The van der Waals surface area contributed by atoms with E-state index in [0.29, 0.717) is 19.8 Å². The van der Waals surface area contributed by atoms with Gasteiger partial charge in [0.1, 0.15) is 37.1 Å². The number of carbonyl (C=O) groups excluding carboxylic acids is 9. The van der Waals surface area contributed by atoms with Crippen molar-refractivity contribution in [1.82, 2.24) is 10.0 Å². The fourth-order valence-electron chi connectivity index (χ4n) is 14.3. The summed E-state index contributed by atoms with van der Waals surface area (Å²) >= 11 is 0. The van der Waals surface area contributed by atoms with Crippen molar-refractivity contribution in [3.63, 3.8) is 0 Å². The van der Waals surface area contributed by atoms with Gasteiger partial charge in [0, 0.05) is 24.9 Å². The molecule has 0 unspecified atom stereocenters. The van der Waals surface area contributed by atoms with E-state index >= 15 is 0 Å². The molecule has 6 aromatic rings. The van der Waals surface area contributed by atoms with Gasteiger partial charge in [-0.1, -0.05) is 187 Å². The Hall–Kier alpha value is -12.2. The number of nitrogens with two attached hydrogens (primary N) is 1. The van der Waals surface area contributed by atoms with Gasteiger partial charge in [-0.3, -0.25) is 8.98 Å². The minimum Gasteiger partial charge on any atom is -0.467 e. The van der Waals surface area contributed by atoms with Crippen LogP contribution in [0.3, 0.4) is 0 Å². The molecule has 0 radical (unpaired) electrons. The molecule has 12 aliphatic rings. The van der Waals surface area contributed by atoms with Crippen molar-refractivity contribution < 1.29 is 184 Å². The third-order valence-corrected chi connectivity index (χ3v) is 21.4. The molecule has 0 spiro atoms. The third-order valence-electron chi connectivity index (χ3n) is 20.4. The number of carbonyl (C=O) groups is 9. The average Bonchev–Trinajstić information content (AvgIpc) is 1.68. The molecule has 12 aliphatic heterocycles. The van der Waals surface area contributed by atoms with Gasteiger partial charge in [-0.2, -0.15) is 13.1 Å². The highest BCUT2D eigenvalue weighted by Crippen LogP contribution is 2.40. The van der Waals surface area contributed by atoms with Crippen LogP contribution in [0.1, 0.15) is 40.3 Å². The molecular weight excluding hydrogens is 1740 g/mol. The summed E-state index contributed by atoms with van der Waals surface area (Å²) in [5.41, 5.74) is 19.0. The Balaban J connectivity index is 0.000000132. The zero-order valence-electron chi connectivity index (χ0n) is 68.7. The SMILES string of the molecule is CC(=O)NC[C@H]1O[C@@H](OCc2ccccc2)[C@@H]2OC(=O)O[C@@H]21.COC(=O)[C@H]1O[C@@H](OCc2ccccc2)[C@@H]2OC(=O)O[C@@H]21.COS(=O)(=O)NC[C@H]1O[C@@H](OCc2ccccc2)[C@@H]2OC(=O)O[C@@H]21.NC(=O)OC[C@H]1O[C@@H](OCc2ccccc2)[C@@H]2OC(=O)O[C@@H]21.O=C1O[C@H]2[C@H](OCc3ccccc3)O[C@H](CO)[C@H]2O1.[N-]=[N+]=NC[C@H]1O[C@@H](OCc2ccccc2)[C@@H]2OC(=O)O[C@@H]21. The third kappa shape index (κ3) is 25.9. The number of nitrogens with zero attached hydrogens (tertiary/aromatic N) is 3. The summed E-state index contributed by atoms with van der Waals surface area (Å²) in [5.74, 6) is -0.812. The normalized spacial score (nSPS) is 30.2. The lowest BCUT2D eigenvalue weighted by Gasteiger charge is -2.17. The second-order valence-corrected chi connectivity index (χ2v) is 30.6. The maximum absolute atomic E-state index is 11.6. The number of ether oxygens (including phenoxy) is 26. The van der Waals surface area contributed by atoms with Crippen LogP contribution >= 0.6 is 0 Å². The number of azide groups is 1. The molecular formula is C83H90N6O39S. The summed E-state index contributed by atoms with van der Waals surface area (Å²) in [7, 11) is -1.61. The van der Waals surface area contributed by atoms with Crippen LogP contribution in [0.25, 0.3) is 10.4 Å². The molecule has 6 aromatic carbocycles. The summed E-state index contributed by atoms with van der Waals surface area (Å²) in [6, 6.07) is 57.0. The van der Waals surface area contributed by atoms with E-state index in [0.717, 1.165) is 40.5 Å². The highest BCUT2D eigenvalue weighted by molar-refractivity contribution is 7.84. The number of rotatable bonds is 30. The lowest BCUT2D eigenvalue weighted by molar-refractivity contribution is -0.189. The number of primary amides is 1. The van der Waals surface area contributed by atoms with Crippen LogP contribution in [0.2, 0.25) is 0 Å². The number of aliphatic hydroxyl groups excluding tert-OH is 1. The van der Waals surface area contributed by atoms with E-state index in [4.69, 9.17) is 130 Å². The maximum atomic E-state index is 11.6. The van der Waals surface area contributed by atoms with Crippen molar-refractivity contribution in [3.8, 4) is 0 Å². The summed E-state index contributed by atoms with van der Waals surface area (Å²) in [5, 5.41) is 15.3. The topological polar surface area (TPSA) is 556 Å². The van der Waals surface area contributed by atoms with Crippen molar-refractivity contribution in [3.05, 3.63) is 226 Å². The Morgan fingerprint density at radius 1 is 0.395 bits per heavy atom. The van der Waals surface area contributed by atoms with Crippen LogP contribution in [0.5, 0.6) is 0 Å². The van der Waals surface area contributed by atoms with E-state index in [1.165, 1.54) is 14.0 Å². The first-order valence-electron chi connectivity index (χ1n) is 40.0. The first-order chi connectivity index (χ1) is 62.5. The van der Waals surface area contributed by atoms with E-state index in [1.807, 2.05) is 182 Å². The zero-order valence-corrected chi connectivity index (χ0v) is 69.6.